The minimum absolute atomic E-state index is 0.0260. The van der Waals surface area contributed by atoms with Crippen molar-refractivity contribution in [1.82, 2.24) is 10.2 Å². The molecule has 0 bridgehead atoms. The van der Waals surface area contributed by atoms with Gasteiger partial charge in [0.25, 0.3) is 5.69 Å². The fourth-order valence-electron chi connectivity index (χ4n) is 2.92. The van der Waals surface area contributed by atoms with E-state index in [-0.39, 0.29) is 11.7 Å². The summed E-state index contributed by atoms with van der Waals surface area (Å²) in [6.45, 7) is 1.94. The van der Waals surface area contributed by atoms with E-state index in [0.29, 0.717) is 10.1 Å². The molecule has 1 aliphatic heterocycles. The molecule has 1 aliphatic rings. The number of benzene rings is 2. The standard InChI is InChI=1S/C19H18N4O2S2/c1-12-16(18(26)20-14-8-4-3-5-9-14)17(21-19(27)22(12)2)13-7-6-10-15(11-13)23(24)25/h3-11,17H,1-2H3,(H,20,26)(H,21,27)/t17-/m0/s1. The maximum absolute atomic E-state index is 11.2. The molecular formula is C19H18N4O2S2. The molecule has 6 nitrogen and oxygen atoms in total. The Morgan fingerprint density at radius 2 is 1.93 bits per heavy atom. The number of nitro benzene ring substituents is 1. The maximum Gasteiger partial charge on any atom is 0.269 e. The quantitative estimate of drug-likeness (QED) is 0.455. The van der Waals surface area contributed by atoms with Crippen molar-refractivity contribution in [2.75, 3.05) is 12.4 Å². The van der Waals surface area contributed by atoms with Crippen LogP contribution in [0.4, 0.5) is 11.4 Å². The minimum atomic E-state index is -0.409. The average molecular weight is 399 g/mol. The highest BCUT2D eigenvalue weighted by Gasteiger charge is 2.31. The average Bonchev–Trinajstić information content (AvgIpc) is 2.66. The van der Waals surface area contributed by atoms with Gasteiger partial charge >= 0.3 is 0 Å². The number of nitrogens with zero attached hydrogens (tertiary/aromatic N) is 2. The van der Waals surface area contributed by atoms with Crippen LogP contribution in [0.1, 0.15) is 18.5 Å². The summed E-state index contributed by atoms with van der Waals surface area (Å²) in [7, 11) is 1.86. The number of hydrogen-bond acceptors (Lipinski definition) is 4. The summed E-state index contributed by atoms with van der Waals surface area (Å²) in [5.74, 6) is 0. The summed E-state index contributed by atoms with van der Waals surface area (Å²) < 4.78 is 0. The highest BCUT2D eigenvalue weighted by molar-refractivity contribution is 7.81. The number of anilines is 1. The van der Waals surface area contributed by atoms with Crippen LogP contribution in [0.2, 0.25) is 0 Å². The number of para-hydroxylation sites is 1. The molecule has 0 unspecified atom stereocenters. The summed E-state index contributed by atoms with van der Waals surface area (Å²) in [5.41, 5.74) is 3.34. The summed E-state index contributed by atoms with van der Waals surface area (Å²) in [4.78, 5) is 13.1. The van der Waals surface area contributed by atoms with Crippen LogP contribution in [0.15, 0.2) is 65.9 Å². The van der Waals surface area contributed by atoms with Crippen molar-refractivity contribution in [3.63, 3.8) is 0 Å². The molecule has 2 N–H and O–H groups in total. The van der Waals surface area contributed by atoms with Gasteiger partial charge in [0.2, 0.25) is 0 Å². The molecule has 0 spiro atoms. The number of nitro groups is 1. The Bertz CT molecular complexity index is 944. The Morgan fingerprint density at radius 3 is 2.59 bits per heavy atom. The Hall–Kier alpha value is -2.84. The third-order valence-corrected chi connectivity index (χ3v) is 5.16. The zero-order valence-corrected chi connectivity index (χ0v) is 16.4. The second kappa shape index (κ2) is 7.81. The van der Waals surface area contributed by atoms with Crippen LogP contribution in [0.5, 0.6) is 0 Å². The first-order chi connectivity index (χ1) is 12.9. The summed E-state index contributed by atoms with van der Waals surface area (Å²) in [5, 5.41) is 18.2. The van der Waals surface area contributed by atoms with Crippen molar-refractivity contribution in [1.29, 1.82) is 0 Å². The van der Waals surface area contributed by atoms with Gasteiger partial charge < -0.3 is 15.5 Å². The van der Waals surface area contributed by atoms with Gasteiger partial charge in [-0.05, 0) is 36.8 Å². The number of thiocarbonyl (C=S) groups is 2. The number of nitrogens with one attached hydrogen (secondary N) is 2. The first-order valence-electron chi connectivity index (χ1n) is 8.24. The van der Waals surface area contributed by atoms with E-state index in [0.717, 1.165) is 22.5 Å². The predicted octanol–water partition coefficient (Wildman–Crippen LogP) is 4.17. The van der Waals surface area contributed by atoms with Crippen molar-refractivity contribution >= 4 is 45.9 Å². The lowest BCUT2D eigenvalue weighted by Gasteiger charge is -2.36. The van der Waals surface area contributed by atoms with Crippen LogP contribution in [-0.4, -0.2) is 27.0 Å². The molecule has 1 heterocycles. The second-order valence-electron chi connectivity index (χ2n) is 6.11. The lowest BCUT2D eigenvalue weighted by atomic mass is 9.94. The Labute approximate surface area is 168 Å². The van der Waals surface area contributed by atoms with E-state index in [4.69, 9.17) is 24.4 Å². The Morgan fingerprint density at radius 1 is 1.22 bits per heavy atom. The monoisotopic (exact) mass is 398 g/mol. The number of hydrogen-bond donors (Lipinski definition) is 2. The van der Waals surface area contributed by atoms with E-state index in [1.807, 2.05) is 55.3 Å². The zero-order valence-electron chi connectivity index (χ0n) is 14.8. The van der Waals surface area contributed by atoms with Gasteiger partial charge in [-0.2, -0.15) is 0 Å². The van der Waals surface area contributed by atoms with Crippen molar-refractivity contribution in [2.45, 2.75) is 13.0 Å². The maximum atomic E-state index is 11.2. The molecule has 0 aromatic heterocycles. The Kier molecular flexibility index (Phi) is 5.48. The molecule has 0 aliphatic carbocycles. The predicted molar refractivity (Wildman–Crippen MR) is 115 cm³/mol. The largest absolute Gasteiger partial charge is 0.351 e. The van der Waals surface area contributed by atoms with E-state index in [2.05, 4.69) is 10.6 Å². The summed E-state index contributed by atoms with van der Waals surface area (Å²) >= 11 is 11.1. The first kappa shape index (κ1) is 18.9. The van der Waals surface area contributed by atoms with E-state index < -0.39 is 4.92 Å². The normalized spacial score (nSPS) is 16.7. The van der Waals surface area contributed by atoms with E-state index in [9.17, 15) is 10.1 Å². The van der Waals surface area contributed by atoms with Crippen LogP contribution in [-0.2, 0) is 0 Å². The molecule has 0 saturated heterocycles. The van der Waals surface area contributed by atoms with Crippen LogP contribution in [0.25, 0.3) is 0 Å². The van der Waals surface area contributed by atoms with Gasteiger partial charge in [-0.15, -0.1) is 0 Å². The van der Waals surface area contributed by atoms with Crippen LogP contribution in [0.3, 0.4) is 0 Å². The fraction of sp³-hybridized carbons (Fsp3) is 0.158. The van der Waals surface area contributed by atoms with Crippen molar-refractivity contribution in [3.05, 3.63) is 81.5 Å². The van der Waals surface area contributed by atoms with Gasteiger partial charge in [0, 0.05) is 36.1 Å². The van der Waals surface area contributed by atoms with Gasteiger partial charge in [-0.1, -0.05) is 42.5 Å². The summed E-state index contributed by atoms with van der Waals surface area (Å²) in [6.07, 6.45) is 0. The van der Waals surface area contributed by atoms with Gasteiger partial charge in [0.15, 0.2) is 5.11 Å². The fourth-order valence-corrected chi connectivity index (χ4v) is 3.56. The highest BCUT2D eigenvalue weighted by atomic mass is 32.1. The van der Waals surface area contributed by atoms with Crippen molar-refractivity contribution < 1.29 is 4.92 Å². The smallest absolute Gasteiger partial charge is 0.269 e. The van der Waals surface area contributed by atoms with Gasteiger partial charge in [-0.25, -0.2) is 0 Å². The molecule has 138 valence electrons. The van der Waals surface area contributed by atoms with E-state index in [1.165, 1.54) is 6.07 Å². The molecular weight excluding hydrogens is 380 g/mol. The van der Waals surface area contributed by atoms with Crippen LogP contribution in [0, 0.1) is 10.1 Å². The van der Waals surface area contributed by atoms with E-state index in [1.54, 1.807) is 12.1 Å². The van der Waals surface area contributed by atoms with Crippen LogP contribution >= 0.6 is 24.4 Å². The third kappa shape index (κ3) is 3.96. The minimum Gasteiger partial charge on any atom is -0.351 e. The first-order valence-corrected chi connectivity index (χ1v) is 9.06. The molecule has 2 aromatic rings. The lowest BCUT2D eigenvalue weighted by molar-refractivity contribution is -0.384. The lowest BCUT2D eigenvalue weighted by Crippen LogP contribution is -2.46. The molecule has 0 radical (unpaired) electrons. The highest BCUT2D eigenvalue weighted by Crippen LogP contribution is 2.32. The van der Waals surface area contributed by atoms with Crippen LogP contribution < -0.4 is 10.6 Å². The second-order valence-corrected chi connectivity index (χ2v) is 6.91. The summed E-state index contributed by atoms with van der Waals surface area (Å²) in [6, 6.07) is 15.8. The molecule has 0 fully saturated rings. The molecule has 0 saturated carbocycles. The molecule has 1 atom stereocenters. The molecule has 3 rings (SSSR count). The van der Waals surface area contributed by atoms with Gasteiger partial charge in [-0.3, -0.25) is 10.1 Å². The zero-order chi connectivity index (χ0) is 19.6. The topological polar surface area (TPSA) is 70.4 Å². The van der Waals surface area contributed by atoms with E-state index >= 15 is 0 Å². The Balaban J connectivity index is 2.03. The van der Waals surface area contributed by atoms with Crippen molar-refractivity contribution in [2.24, 2.45) is 0 Å². The molecule has 8 heteroatoms. The van der Waals surface area contributed by atoms with Crippen molar-refractivity contribution in [3.8, 4) is 0 Å². The number of allylic oxidation sites excluding steroid dienone is 1. The molecule has 2 aromatic carbocycles. The van der Waals surface area contributed by atoms with Gasteiger partial charge in [0.1, 0.15) is 4.99 Å². The number of non-ortho nitro benzene ring substituents is 1. The van der Waals surface area contributed by atoms with Gasteiger partial charge in [0.05, 0.1) is 11.0 Å². The number of rotatable bonds is 4. The molecule has 27 heavy (non-hydrogen) atoms. The third-order valence-electron chi connectivity index (χ3n) is 4.44. The molecule has 0 amide bonds. The SMILES string of the molecule is CC1=C(C(=S)Nc2ccccc2)[C@H](c2cccc([N+](=O)[O-])c2)NC(=S)N1C.